The van der Waals surface area contributed by atoms with Gasteiger partial charge in [0, 0.05) is 0 Å². The van der Waals surface area contributed by atoms with Crippen LogP contribution in [0.2, 0.25) is 0 Å². The number of nitriles is 1. The summed E-state index contributed by atoms with van der Waals surface area (Å²) in [6.45, 7) is 0. The molecular formula is C14H13N3OS. The molecule has 1 aromatic carbocycles. The second kappa shape index (κ2) is 5.06. The number of benzene rings is 1. The van der Waals surface area contributed by atoms with Crippen molar-refractivity contribution in [1.29, 1.82) is 5.26 Å². The summed E-state index contributed by atoms with van der Waals surface area (Å²) in [5, 5.41) is 12.6. The van der Waals surface area contributed by atoms with Gasteiger partial charge in [0.15, 0.2) is 5.82 Å². The predicted molar refractivity (Wildman–Crippen MR) is 72.5 cm³/mol. The van der Waals surface area contributed by atoms with E-state index in [0.717, 1.165) is 18.7 Å². The lowest BCUT2D eigenvalue weighted by Crippen LogP contribution is -2.10. The van der Waals surface area contributed by atoms with Gasteiger partial charge in [0.25, 0.3) is 0 Å². The zero-order valence-electron chi connectivity index (χ0n) is 10.4. The van der Waals surface area contributed by atoms with Gasteiger partial charge < -0.3 is 4.52 Å². The van der Waals surface area contributed by atoms with Gasteiger partial charge in [-0.2, -0.15) is 10.2 Å². The number of thioether (sulfide) groups is 1. The van der Waals surface area contributed by atoms with Crippen molar-refractivity contribution >= 4 is 11.8 Å². The van der Waals surface area contributed by atoms with Crippen LogP contribution in [0.15, 0.2) is 34.9 Å². The Morgan fingerprint density at radius 2 is 2.11 bits per heavy atom. The SMILES string of the molecule is N#CCSCc1nc(C2(c3ccccc3)CC2)no1. The fourth-order valence-electron chi connectivity index (χ4n) is 2.22. The van der Waals surface area contributed by atoms with Crippen molar-refractivity contribution in [1.82, 2.24) is 10.1 Å². The molecule has 0 atom stereocenters. The molecule has 1 aliphatic rings. The van der Waals surface area contributed by atoms with Crippen molar-refractivity contribution in [3.8, 4) is 6.07 Å². The van der Waals surface area contributed by atoms with Crippen molar-refractivity contribution in [2.45, 2.75) is 24.0 Å². The van der Waals surface area contributed by atoms with Crippen molar-refractivity contribution < 1.29 is 4.52 Å². The molecule has 1 saturated carbocycles. The second-order valence-electron chi connectivity index (χ2n) is 4.61. The Labute approximate surface area is 115 Å². The van der Waals surface area contributed by atoms with Crippen LogP contribution in [0.5, 0.6) is 0 Å². The number of nitrogens with zero attached hydrogens (tertiary/aromatic N) is 3. The van der Waals surface area contributed by atoms with Crippen LogP contribution < -0.4 is 0 Å². The van der Waals surface area contributed by atoms with Crippen LogP contribution in [0, 0.1) is 11.3 Å². The summed E-state index contributed by atoms with van der Waals surface area (Å²) >= 11 is 1.49. The first-order valence-corrected chi connectivity index (χ1v) is 7.34. The monoisotopic (exact) mass is 271 g/mol. The molecule has 1 heterocycles. The summed E-state index contributed by atoms with van der Waals surface area (Å²) < 4.78 is 5.27. The van der Waals surface area contributed by atoms with Crippen LogP contribution in [0.25, 0.3) is 0 Å². The molecule has 1 aliphatic carbocycles. The van der Waals surface area contributed by atoms with Crippen LogP contribution >= 0.6 is 11.8 Å². The Morgan fingerprint density at radius 1 is 1.32 bits per heavy atom. The maximum Gasteiger partial charge on any atom is 0.236 e. The molecule has 0 bridgehead atoms. The molecule has 2 aromatic rings. The van der Waals surface area contributed by atoms with Gasteiger partial charge in [0.05, 0.1) is 23.0 Å². The summed E-state index contributed by atoms with van der Waals surface area (Å²) in [4.78, 5) is 4.48. The third-order valence-corrected chi connectivity index (χ3v) is 4.15. The average molecular weight is 271 g/mol. The van der Waals surface area contributed by atoms with Crippen molar-refractivity contribution in [2.75, 3.05) is 5.75 Å². The van der Waals surface area contributed by atoms with Gasteiger partial charge in [-0.05, 0) is 18.4 Å². The van der Waals surface area contributed by atoms with Crippen LogP contribution in [-0.2, 0) is 11.2 Å². The zero-order valence-corrected chi connectivity index (χ0v) is 11.2. The topological polar surface area (TPSA) is 62.7 Å². The van der Waals surface area contributed by atoms with E-state index in [-0.39, 0.29) is 5.41 Å². The predicted octanol–water partition coefficient (Wildman–Crippen LogP) is 2.91. The molecule has 0 unspecified atom stereocenters. The van der Waals surface area contributed by atoms with E-state index >= 15 is 0 Å². The minimum Gasteiger partial charge on any atom is -0.338 e. The average Bonchev–Trinajstić information content (AvgIpc) is 3.14. The molecule has 0 amide bonds. The molecule has 96 valence electrons. The quantitative estimate of drug-likeness (QED) is 0.782. The summed E-state index contributed by atoms with van der Waals surface area (Å²) in [6.07, 6.45) is 2.14. The van der Waals surface area contributed by atoms with Crippen molar-refractivity contribution in [3.63, 3.8) is 0 Å². The van der Waals surface area contributed by atoms with Crippen LogP contribution in [0.4, 0.5) is 0 Å². The molecule has 0 aliphatic heterocycles. The maximum atomic E-state index is 8.50. The highest BCUT2D eigenvalue weighted by Gasteiger charge is 2.49. The van der Waals surface area contributed by atoms with Crippen LogP contribution in [0.3, 0.4) is 0 Å². The van der Waals surface area contributed by atoms with Crippen molar-refractivity contribution in [3.05, 3.63) is 47.6 Å². The van der Waals surface area contributed by atoms with Gasteiger partial charge in [-0.15, -0.1) is 11.8 Å². The Bertz CT molecular complexity index is 599. The Hall–Kier alpha value is -1.80. The summed E-state index contributed by atoms with van der Waals surface area (Å²) in [6, 6.07) is 12.4. The molecule has 0 spiro atoms. The largest absolute Gasteiger partial charge is 0.338 e. The molecule has 19 heavy (non-hydrogen) atoms. The first-order valence-electron chi connectivity index (χ1n) is 6.18. The van der Waals surface area contributed by atoms with Gasteiger partial charge >= 0.3 is 0 Å². The normalized spacial score (nSPS) is 15.9. The summed E-state index contributed by atoms with van der Waals surface area (Å²) in [5.41, 5.74) is 1.22. The van der Waals surface area contributed by atoms with Gasteiger partial charge in [0.2, 0.25) is 5.89 Å². The van der Waals surface area contributed by atoms with E-state index in [9.17, 15) is 0 Å². The van der Waals surface area contributed by atoms with Crippen molar-refractivity contribution in [2.24, 2.45) is 0 Å². The first kappa shape index (κ1) is 12.2. The number of rotatable bonds is 5. The summed E-state index contributed by atoms with van der Waals surface area (Å²) in [5.74, 6) is 2.44. The van der Waals surface area contributed by atoms with E-state index in [2.05, 4.69) is 28.3 Å². The standard InChI is InChI=1S/C14H13N3OS/c15-8-9-19-10-12-16-13(17-18-12)14(6-7-14)11-4-2-1-3-5-11/h1-5H,6-7,9-10H2. The lowest BCUT2D eigenvalue weighted by atomic mass is 9.95. The summed E-state index contributed by atoms with van der Waals surface area (Å²) in [7, 11) is 0. The molecule has 4 nitrogen and oxygen atoms in total. The van der Waals surface area contributed by atoms with Gasteiger partial charge in [-0.1, -0.05) is 35.5 Å². The highest BCUT2D eigenvalue weighted by molar-refractivity contribution is 7.98. The first-order chi connectivity index (χ1) is 9.35. The molecular weight excluding hydrogens is 258 g/mol. The molecule has 1 aromatic heterocycles. The van der Waals surface area contributed by atoms with E-state index in [1.807, 2.05) is 18.2 Å². The minimum atomic E-state index is -0.0388. The highest BCUT2D eigenvalue weighted by atomic mass is 32.2. The van der Waals surface area contributed by atoms with E-state index in [4.69, 9.17) is 9.78 Å². The third-order valence-electron chi connectivity index (χ3n) is 3.36. The molecule has 1 fully saturated rings. The lowest BCUT2D eigenvalue weighted by Gasteiger charge is -2.09. The number of aromatic nitrogens is 2. The Kier molecular flexibility index (Phi) is 3.26. The van der Waals surface area contributed by atoms with E-state index in [0.29, 0.717) is 17.4 Å². The lowest BCUT2D eigenvalue weighted by molar-refractivity contribution is 0.382. The molecule has 0 saturated heterocycles. The van der Waals surface area contributed by atoms with Gasteiger partial charge in [-0.25, -0.2) is 0 Å². The van der Waals surface area contributed by atoms with E-state index in [1.54, 1.807) is 0 Å². The zero-order chi connectivity index (χ0) is 13.1. The fraction of sp³-hybridized carbons (Fsp3) is 0.357. The second-order valence-corrected chi connectivity index (χ2v) is 5.60. The van der Waals surface area contributed by atoms with E-state index < -0.39 is 0 Å². The fourth-order valence-corrected chi connectivity index (χ4v) is 2.70. The molecule has 3 rings (SSSR count). The van der Waals surface area contributed by atoms with Gasteiger partial charge in [-0.3, -0.25) is 0 Å². The third kappa shape index (κ3) is 2.36. The van der Waals surface area contributed by atoms with Crippen LogP contribution in [0.1, 0.15) is 30.1 Å². The molecule has 0 N–H and O–H groups in total. The highest BCUT2D eigenvalue weighted by Crippen LogP contribution is 2.52. The minimum absolute atomic E-state index is 0.0388. The number of hydrogen-bond acceptors (Lipinski definition) is 5. The number of hydrogen-bond donors (Lipinski definition) is 0. The van der Waals surface area contributed by atoms with Gasteiger partial charge in [0.1, 0.15) is 0 Å². The smallest absolute Gasteiger partial charge is 0.236 e. The molecule has 5 heteroatoms. The van der Waals surface area contributed by atoms with E-state index in [1.165, 1.54) is 17.3 Å². The maximum absolute atomic E-state index is 8.50. The Balaban J connectivity index is 1.78. The Morgan fingerprint density at radius 3 is 2.79 bits per heavy atom. The van der Waals surface area contributed by atoms with Crippen LogP contribution in [-0.4, -0.2) is 15.9 Å². The molecule has 0 radical (unpaired) electrons.